The van der Waals surface area contributed by atoms with Crippen LogP contribution in [0.4, 0.5) is 0 Å². The van der Waals surface area contributed by atoms with E-state index in [9.17, 15) is 4.79 Å². The van der Waals surface area contributed by atoms with Crippen molar-refractivity contribution in [2.75, 3.05) is 6.61 Å². The summed E-state index contributed by atoms with van der Waals surface area (Å²) >= 11 is 0. The first kappa shape index (κ1) is 10.6. The largest absolute Gasteiger partial charge is 0.490 e. The second-order valence-electron chi connectivity index (χ2n) is 4.80. The minimum absolute atomic E-state index is 0.0942. The Hall–Kier alpha value is -1.57. The van der Waals surface area contributed by atoms with E-state index >= 15 is 0 Å². The summed E-state index contributed by atoms with van der Waals surface area (Å²) < 4.78 is 5.46. The minimum Gasteiger partial charge on any atom is -0.490 e. The highest BCUT2D eigenvalue weighted by molar-refractivity contribution is 5.96. The molecular formula is C15H16O2. The highest BCUT2D eigenvalue weighted by Crippen LogP contribution is 2.29. The van der Waals surface area contributed by atoms with Crippen LogP contribution in [0, 0.1) is 5.92 Å². The molecule has 3 rings (SSSR count). The molecule has 0 atom stereocenters. The number of rotatable bonds is 2. The summed E-state index contributed by atoms with van der Waals surface area (Å²) in [4.78, 5) is 12.3. The van der Waals surface area contributed by atoms with Gasteiger partial charge in [0.25, 0.3) is 0 Å². The predicted molar refractivity (Wildman–Crippen MR) is 65.6 cm³/mol. The molecule has 1 aliphatic carbocycles. The molecule has 1 aromatic rings. The number of benzene rings is 1. The fraction of sp³-hybridized carbons (Fsp3) is 0.400. The Morgan fingerprint density at radius 1 is 1.18 bits per heavy atom. The van der Waals surface area contributed by atoms with Crippen LogP contribution in [0.1, 0.15) is 24.0 Å². The Labute approximate surface area is 101 Å². The second kappa shape index (κ2) is 4.36. The van der Waals surface area contributed by atoms with Crippen LogP contribution in [0.5, 0.6) is 0 Å². The van der Waals surface area contributed by atoms with Gasteiger partial charge >= 0.3 is 0 Å². The quantitative estimate of drug-likeness (QED) is 0.778. The molecule has 0 spiro atoms. The van der Waals surface area contributed by atoms with Crippen molar-refractivity contribution in [2.24, 2.45) is 5.92 Å². The molecule has 2 nitrogen and oxygen atoms in total. The van der Waals surface area contributed by atoms with Gasteiger partial charge in [0, 0.05) is 5.92 Å². The molecule has 0 saturated carbocycles. The van der Waals surface area contributed by atoms with Gasteiger partial charge in [-0.1, -0.05) is 24.3 Å². The highest BCUT2D eigenvalue weighted by Gasteiger charge is 2.30. The molecule has 0 radical (unpaired) electrons. The lowest BCUT2D eigenvalue weighted by molar-refractivity contribution is -0.122. The SMILES string of the molecule is O=C(C1=CCCCO1)C1Cc2ccccc2C1. The predicted octanol–water partition coefficient (Wildman–Crippen LogP) is 2.66. The van der Waals surface area contributed by atoms with Crippen LogP contribution >= 0.6 is 0 Å². The van der Waals surface area contributed by atoms with Crippen LogP contribution in [0.3, 0.4) is 0 Å². The molecule has 0 aromatic heterocycles. The van der Waals surface area contributed by atoms with Crippen molar-refractivity contribution in [2.45, 2.75) is 25.7 Å². The fourth-order valence-electron chi connectivity index (χ4n) is 2.67. The highest BCUT2D eigenvalue weighted by atomic mass is 16.5. The van der Waals surface area contributed by atoms with Crippen LogP contribution in [0.15, 0.2) is 36.1 Å². The fourth-order valence-corrected chi connectivity index (χ4v) is 2.67. The summed E-state index contributed by atoms with van der Waals surface area (Å²) in [6.07, 6.45) is 5.70. The van der Waals surface area contributed by atoms with Crippen LogP contribution in [-0.2, 0) is 22.4 Å². The number of carbonyl (C=O) groups is 1. The molecule has 88 valence electrons. The lowest BCUT2D eigenvalue weighted by atomic mass is 9.98. The molecule has 2 aliphatic rings. The van der Waals surface area contributed by atoms with E-state index < -0.39 is 0 Å². The summed E-state index contributed by atoms with van der Waals surface area (Å²) in [5.41, 5.74) is 2.64. The van der Waals surface area contributed by atoms with Crippen LogP contribution in [0.2, 0.25) is 0 Å². The van der Waals surface area contributed by atoms with Crippen molar-refractivity contribution in [3.05, 3.63) is 47.2 Å². The van der Waals surface area contributed by atoms with E-state index in [1.54, 1.807) is 0 Å². The van der Waals surface area contributed by atoms with Gasteiger partial charge in [-0.05, 0) is 42.9 Å². The normalized spacial score (nSPS) is 19.4. The zero-order chi connectivity index (χ0) is 11.7. The molecular weight excluding hydrogens is 212 g/mol. The lowest BCUT2D eigenvalue weighted by Crippen LogP contribution is -2.20. The lowest BCUT2D eigenvalue weighted by Gasteiger charge is -2.16. The van der Waals surface area contributed by atoms with Gasteiger partial charge in [0.2, 0.25) is 5.78 Å². The smallest absolute Gasteiger partial charge is 0.200 e. The summed E-state index contributed by atoms with van der Waals surface area (Å²) in [6, 6.07) is 8.33. The van der Waals surface area contributed by atoms with E-state index in [0.717, 1.165) is 25.7 Å². The average Bonchev–Trinajstić information content (AvgIpc) is 2.82. The van der Waals surface area contributed by atoms with Gasteiger partial charge in [-0.25, -0.2) is 0 Å². The molecule has 0 bridgehead atoms. The van der Waals surface area contributed by atoms with Gasteiger partial charge in [0.15, 0.2) is 5.76 Å². The van der Waals surface area contributed by atoms with E-state index in [0.29, 0.717) is 12.4 Å². The van der Waals surface area contributed by atoms with Gasteiger partial charge in [-0.3, -0.25) is 4.79 Å². The second-order valence-corrected chi connectivity index (χ2v) is 4.80. The Morgan fingerprint density at radius 2 is 1.88 bits per heavy atom. The number of Topliss-reactive ketones (excluding diaryl/α,β-unsaturated/α-hetero) is 1. The van der Waals surface area contributed by atoms with E-state index in [1.165, 1.54) is 11.1 Å². The van der Waals surface area contributed by atoms with Crippen LogP contribution in [-0.4, -0.2) is 12.4 Å². The molecule has 0 saturated heterocycles. The van der Waals surface area contributed by atoms with Gasteiger partial charge in [-0.2, -0.15) is 0 Å². The number of ether oxygens (including phenoxy) is 1. The molecule has 0 N–H and O–H groups in total. The van der Waals surface area contributed by atoms with E-state index in [-0.39, 0.29) is 11.7 Å². The molecule has 17 heavy (non-hydrogen) atoms. The van der Waals surface area contributed by atoms with Crippen LogP contribution < -0.4 is 0 Å². The first-order chi connectivity index (χ1) is 8.34. The van der Waals surface area contributed by atoms with Crippen LogP contribution in [0.25, 0.3) is 0 Å². The maximum absolute atomic E-state index is 12.3. The monoisotopic (exact) mass is 228 g/mol. The summed E-state index contributed by atoms with van der Waals surface area (Å²) in [7, 11) is 0. The van der Waals surface area contributed by atoms with E-state index in [4.69, 9.17) is 4.74 Å². The van der Waals surface area contributed by atoms with Gasteiger partial charge in [0.1, 0.15) is 0 Å². The van der Waals surface area contributed by atoms with Crippen molar-refractivity contribution in [3.8, 4) is 0 Å². The number of hydrogen-bond donors (Lipinski definition) is 0. The Kier molecular flexibility index (Phi) is 2.71. The third-order valence-corrected chi connectivity index (χ3v) is 3.60. The molecule has 1 heterocycles. The zero-order valence-corrected chi connectivity index (χ0v) is 9.82. The number of fused-ring (bicyclic) bond motifs is 1. The van der Waals surface area contributed by atoms with Crippen molar-refractivity contribution in [1.29, 1.82) is 0 Å². The van der Waals surface area contributed by atoms with E-state index in [1.807, 2.05) is 18.2 Å². The van der Waals surface area contributed by atoms with Gasteiger partial charge in [0.05, 0.1) is 6.61 Å². The Morgan fingerprint density at radius 3 is 2.47 bits per heavy atom. The van der Waals surface area contributed by atoms with Crippen molar-refractivity contribution >= 4 is 5.78 Å². The standard InChI is InChI=1S/C15H16O2/c16-15(14-7-3-4-8-17-14)13-9-11-5-1-2-6-12(11)10-13/h1-2,5-7,13H,3-4,8-10H2. The number of hydrogen-bond acceptors (Lipinski definition) is 2. The molecule has 1 aliphatic heterocycles. The summed E-state index contributed by atoms with van der Waals surface area (Å²) in [5.74, 6) is 0.895. The third-order valence-electron chi connectivity index (χ3n) is 3.60. The first-order valence-electron chi connectivity index (χ1n) is 6.28. The maximum atomic E-state index is 12.3. The average molecular weight is 228 g/mol. The van der Waals surface area contributed by atoms with Gasteiger partial charge < -0.3 is 4.74 Å². The number of ketones is 1. The topological polar surface area (TPSA) is 26.3 Å². The molecule has 2 heteroatoms. The third kappa shape index (κ3) is 1.99. The maximum Gasteiger partial charge on any atom is 0.200 e. The Bertz CT molecular complexity index is 449. The summed E-state index contributed by atoms with van der Waals surface area (Å²) in [6.45, 7) is 0.692. The van der Waals surface area contributed by atoms with Gasteiger partial charge in [-0.15, -0.1) is 0 Å². The number of allylic oxidation sites excluding steroid dienone is 2. The van der Waals surface area contributed by atoms with Crippen molar-refractivity contribution < 1.29 is 9.53 Å². The first-order valence-corrected chi connectivity index (χ1v) is 6.28. The zero-order valence-electron chi connectivity index (χ0n) is 9.82. The Balaban J connectivity index is 1.76. The number of carbonyl (C=O) groups excluding carboxylic acids is 1. The van der Waals surface area contributed by atoms with Crippen molar-refractivity contribution in [3.63, 3.8) is 0 Å². The molecule has 1 aromatic carbocycles. The molecule has 0 unspecified atom stereocenters. The van der Waals surface area contributed by atoms with Crippen molar-refractivity contribution in [1.82, 2.24) is 0 Å². The molecule has 0 amide bonds. The minimum atomic E-state index is 0.0942. The summed E-state index contributed by atoms with van der Waals surface area (Å²) in [5, 5.41) is 0. The molecule has 0 fully saturated rings. The van der Waals surface area contributed by atoms with E-state index in [2.05, 4.69) is 12.1 Å².